The average molecular weight is 381 g/mol. The highest BCUT2D eigenvalue weighted by molar-refractivity contribution is 5.67. The van der Waals surface area contributed by atoms with Gasteiger partial charge in [0.05, 0.1) is 11.4 Å². The van der Waals surface area contributed by atoms with Crippen LogP contribution in [0.3, 0.4) is 0 Å². The Balaban J connectivity index is 1.55. The summed E-state index contributed by atoms with van der Waals surface area (Å²) in [5, 5.41) is 3.37. The Bertz CT molecular complexity index is 893. The summed E-state index contributed by atoms with van der Waals surface area (Å²) in [4.78, 5) is 2.17. The molecular formula is C23H25F2N3. The maximum absolute atomic E-state index is 13.0. The van der Waals surface area contributed by atoms with E-state index in [9.17, 15) is 8.78 Å². The summed E-state index contributed by atoms with van der Waals surface area (Å²) in [5.41, 5.74) is 11.0. The van der Waals surface area contributed by atoms with Gasteiger partial charge in [0.1, 0.15) is 11.6 Å². The van der Waals surface area contributed by atoms with Gasteiger partial charge in [0.2, 0.25) is 0 Å². The Morgan fingerprint density at radius 2 is 1.32 bits per heavy atom. The van der Waals surface area contributed by atoms with Crippen LogP contribution in [0.25, 0.3) is 0 Å². The Hall–Kier alpha value is -2.92. The summed E-state index contributed by atoms with van der Waals surface area (Å²) < 4.78 is 26.0. The first kappa shape index (κ1) is 19.8. The van der Waals surface area contributed by atoms with Crippen LogP contribution in [0.15, 0.2) is 66.7 Å². The fourth-order valence-electron chi connectivity index (χ4n) is 3.12. The Labute approximate surface area is 164 Å². The zero-order valence-corrected chi connectivity index (χ0v) is 16.0. The third-order valence-corrected chi connectivity index (χ3v) is 4.58. The standard InChI is InChI=1S/C23H25F2N3/c1-28(15-18-4-9-21(25)10-5-18)16-19-6-11-22(26)23(14-19)27-13-12-17-2-7-20(24)8-3-17/h2-11,14,27H,12-13,15-16,26H2,1H3. The second-order valence-corrected chi connectivity index (χ2v) is 7.02. The molecule has 0 spiro atoms. The number of nitrogens with two attached hydrogens (primary N) is 1. The minimum Gasteiger partial charge on any atom is -0.397 e. The number of rotatable bonds is 8. The van der Waals surface area contributed by atoms with E-state index in [4.69, 9.17) is 5.73 Å². The number of hydrogen-bond donors (Lipinski definition) is 2. The lowest BCUT2D eigenvalue weighted by molar-refractivity contribution is 0.319. The molecule has 0 saturated carbocycles. The maximum Gasteiger partial charge on any atom is 0.123 e. The van der Waals surface area contributed by atoms with Crippen LogP contribution < -0.4 is 11.1 Å². The molecule has 3 aromatic carbocycles. The van der Waals surface area contributed by atoms with E-state index < -0.39 is 0 Å². The number of nitrogen functional groups attached to an aromatic ring is 1. The minimum atomic E-state index is -0.224. The Morgan fingerprint density at radius 3 is 1.96 bits per heavy atom. The van der Waals surface area contributed by atoms with Crippen molar-refractivity contribution in [2.45, 2.75) is 19.5 Å². The number of nitrogens with one attached hydrogen (secondary N) is 1. The molecule has 0 atom stereocenters. The molecule has 0 aromatic heterocycles. The van der Waals surface area contributed by atoms with Crippen LogP contribution in [0.5, 0.6) is 0 Å². The van der Waals surface area contributed by atoms with Gasteiger partial charge in [0.25, 0.3) is 0 Å². The van der Waals surface area contributed by atoms with Gasteiger partial charge in [-0.2, -0.15) is 0 Å². The highest BCUT2D eigenvalue weighted by atomic mass is 19.1. The van der Waals surface area contributed by atoms with Crippen molar-refractivity contribution in [3.05, 3.63) is 95.1 Å². The average Bonchev–Trinajstić information content (AvgIpc) is 2.67. The molecule has 0 radical (unpaired) electrons. The molecule has 3 nitrogen and oxygen atoms in total. The van der Waals surface area contributed by atoms with Crippen LogP contribution in [0, 0.1) is 11.6 Å². The quantitative estimate of drug-likeness (QED) is 0.549. The fraction of sp³-hybridized carbons (Fsp3) is 0.217. The van der Waals surface area contributed by atoms with Crippen LogP contribution >= 0.6 is 0 Å². The van der Waals surface area contributed by atoms with Crippen LogP contribution in [-0.4, -0.2) is 18.5 Å². The van der Waals surface area contributed by atoms with Crippen molar-refractivity contribution >= 4 is 11.4 Å². The van der Waals surface area contributed by atoms with E-state index in [-0.39, 0.29) is 11.6 Å². The van der Waals surface area contributed by atoms with E-state index in [1.165, 1.54) is 24.3 Å². The number of benzene rings is 3. The molecule has 0 bridgehead atoms. The van der Waals surface area contributed by atoms with Crippen LogP contribution in [0.4, 0.5) is 20.2 Å². The minimum absolute atomic E-state index is 0.221. The molecule has 0 aliphatic carbocycles. The van der Waals surface area contributed by atoms with E-state index in [0.717, 1.165) is 41.9 Å². The first-order valence-electron chi connectivity index (χ1n) is 9.29. The second kappa shape index (κ2) is 9.33. The molecule has 0 fully saturated rings. The van der Waals surface area contributed by atoms with E-state index in [2.05, 4.69) is 16.3 Å². The number of halogens is 2. The molecule has 0 unspecified atom stereocenters. The zero-order valence-electron chi connectivity index (χ0n) is 16.0. The fourth-order valence-corrected chi connectivity index (χ4v) is 3.12. The summed E-state index contributed by atoms with van der Waals surface area (Å²) in [7, 11) is 2.03. The van der Waals surface area contributed by atoms with Gasteiger partial charge in [-0.05, 0) is 66.6 Å². The molecule has 0 amide bonds. The van der Waals surface area contributed by atoms with Gasteiger partial charge < -0.3 is 11.1 Å². The molecule has 3 rings (SSSR count). The highest BCUT2D eigenvalue weighted by Crippen LogP contribution is 2.21. The van der Waals surface area contributed by atoms with Crippen LogP contribution in [-0.2, 0) is 19.5 Å². The van der Waals surface area contributed by atoms with Crippen molar-refractivity contribution in [2.75, 3.05) is 24.6 Å². The maximum atomic E-state index is 13.0. The summed E-state index contributed by atoms with van der Waals surface area (Å²) in [6.45, 7) is 2.20. The van der Waals surface area contributed by atoms with E-state index >= 15 is 0 Å². The lowest BCUT2D eigenvalue weighted by atomic mass is 10.1. The van der Waals surface area contributed by atoms with Crippen molar-refractivity contribution in [1.82, 2.24) is 4.90 Å². The first-order valence-corrected chi connectivity index (χ1v) is 9.29. The molecule has 0 aliphatic rings. The molecule has 3 N–H and O–H groups in total. The van der Waals surface area contributed by atoms with Gasteiger partial charge in [-0.3, -0.25) is 4.90 Å². The summed E-state index contributed by atoms with van der Waals surface area (Å²) in [6, 6.07) is 19.1. The van der Waals surface area contributed by atoms with E-state index in [1.807, 2.05) is 19.2 Å². The smallest absolute Gasteiger partial charge is 0.123 e. The molecule has 0 aliphatic heterocycles. The van der Waals surface area contributed by atoms with Gasteiger partial charge in [-0.15, -0.1) is 0 Å². The van der Waals surface area contributed by atoms with Crippen molar-refractivity contribution in [3.63, 3.8) is 0 Å². The first-order chi connectivity index (χ1) is 13.5. The van der Waals surface area contributed by atoms with Crippen LogP contribution in [0.2, 0.25) is 0 Å². The molecule has 28 heavy (non-hydrogen) atoms. The van der Waals surface area contributed by atoms with Crippen molar-refractivity contribution in [1.29, 1.82) is 0 Å². The second-order valence-electron chi connectivity index (χ2n) is 7.02. The van der Waals surface area contributed by atoms with Crippen molar-refractivity contribution in [3.8, 4) is 0 Å². The lowest BCUT2D eigenvalue weighted by Crippen LogP contribution is -2.17. The van der Waals surface area contributed by atoms with Crippen LogP contribution in [0.1, 0.15) is 16.7 Å². The summed E-state index contributed by atoms with van der Waals surface area (Å²) in [6.07, 6.45) is 0.786. The highest BCUT2D eigenvalue weighted by Gasteiger charge is 2.06. The summed E-state index contributed by atoms with van der Waals surface area (Å²) in [5.74, 6) is -0.445. The normalized spacial score (nSPS) is 11.0. The molecule has 146 valence electrons. The predicted molar refractivity (Wildman–Crippen MR) is 111 cm³/mol. The third kappa shape index (κ3) is 5.79. The largest absolute Gasteiger partial charge is 0.397 e. The van der Waals surface area contributed by atoms with Gasteiger partial charge in [-0.25, -0.2) is 8.78 Å². The topological polar surface area (TPSA) is 41.3 Å². The van der Waals surface area contributed by atoms with Gasteiger partial charge in [-0.1, -0.05) is 30.3 Å². The number of anilines is 2. The Kier molecular flexibility index (Phi) is 6.61. The number of hydrogen-bond acceptors (Lipinski definition) is 3. The van der Waals surface area contributed by atoms with Crippen molar-refractivity contribution < 1.29 is 8.78 Å². The Morgan fingerprint density at radius 1 is 0.786 bits per heavy atom. The monoisotopic (exact) mass is 381 g/mol. The van der Waals surface area contributed by atoms with E-state index in [0.29, 0.717) is 12.2 Å². The molecule has 0 saturated heterocycles. The summed E-state index contributed by atoms with van der Waals surface area (Å²) >= 11 is 0. The molecule has 0 heterocycles. The van der Waals surface area contributed by atoms with Crippen molar-refractivity contribution in [2.24, 2.45) is 0 Å². The van der Waals surface area contributed by atoms with E-state index in [1.54, 1.807) is 24.3 Å². The third-order valence-electron chi connectivity index (χ3n) is 4.58. The van der Waals surface area contributed by atoms with Gasteiger partial charge >= 0.3 is 0 Å². The predicted octanol–water partition coefficient (Wildman–Crippen LogP) is 4.83. The van der Waals surface area contributed by atoms with Gasteiger partial charge in [0, 0.05) is 19.6 Å². The zero-order chi connectivity index (χ0) is 19.9. The van der Waals surface area contributed by atoms with Gasteiger partial charge in [0.15, 0.2) is 0 Å². The SMILES string of the molecule is CN(Cc1ccc(F)cc1)Cc1ccc(N)c(NCCc2ccc(F)cc2)c1. The lowest BCUT2D eigenvalue weighted by Gasteiger charge is -2.18. The molecule has 5 heteroatoms. The molecular weight excluding hydrogens is 356 g/mol. The number of nitrogens with zero attached hydrogens (tertiary/aromatic N) is 1. The molecule has 3 aromatic rings.